The predicted molar refractivity (Wildman–Crippen MR) is 92.4 cm³/mol. The maximum atomic E-state index is 11.9. The molecule has 0 aromatic heterocycles. The number of nitrogens with two attached hydrogens (primary N) is 1. The minimum atomic E-state index is -1.19. The number of carbonyl (C=O) groups is 3. The van der Waals surface area contributed by atoms with E-state index in [1.165, 1.54) is 0 Å². The summed E-state index contributed by atoms with van der Waals surface area (Å²) in [5.74, 6) is -1.47. The van der Waals surface area contributed by atoms with E-state index < -0.39 is 29.6 Å². The van der Waals surface area contributed by atoms with Crippen molar-refractivity contribution in [1.29, 1.82) is 0 Å². The van der Waals surface area contributed by atoms with Gasteiger partial charge in [0, 0.05) is 0 Å². The quantitative estimate of drug-likeness (QED) is 0.664. The van der Waals surface area contributed by atoms with Crippen molar-refractivity contribution in [3.63, 3.8) is 0 Å². The van der Waals surface area contributed by atoms with Crippen molar-refractivity contribution in [3.8, 4) is 0 Å². The molecular weight excluding hydrogens is 324 g/mol. The van der Waals surface area contributed by atoms with Gasteiger partial charge in [-0.25, -0.2) is 4.79 Å². The first-order valence-electron chi connectivity index (χ1n) is 8.22. The van der Waals surface area contributed by atoms with Crippen LogP contribution in [0.2, 0.25) is 0 Å². The number of primary amides is 1. The van der Waals surface area contributed by atoms with E-state index in [-0.39, 0.29) is 13.0 Å². The zero-order valence-electron chi connectivity index (χ0n) is 14.9. The number of hydrogen-bond donors (Lipinski definition) is 2. The first-order chi connectivity index (χ1) is 11.7. The van der Waals surface area contributed by atoms with Crippen LogP contribution >= 0.6 is 0 Å². The smallest absolute Gasteiger partial charge is 0.408 e. The molecule has 0 saturated carbocycles. The van der Waals surface area contributed by atoms with Gasteiger partial charge in [0.1, 0.15) is 18.2 Å². The average molecular weight is 350 g/mol. The number of hydrogen-bond acceptors (Lipinski definition) is 5. The van der Waals surface area contributed by atoms with Crippen LogP contribution in [0.4, 0.5) is 4.79 Å². The zero-order chi connectivity index (χ0) is 18.9. The Labute approximate surface area is 147 Å². The summed E-state index contributed by atoms with van der Waals surface area (Å²) in [7, 11) is 0. The number of alkyl carbamates (subject to hydrolysis) is 1. The Hall–Kier alpha value is -2.57. The van der Waals surface area contributed by atoms with E-state index in [4.69, 9.17) is 15.2 Å². The van der Waals surface area contributed by atoms with Gasteiger partial charge in [-0.15, -0.1) is 0 Å². The van der Waals surface area contributed by atoms with Crippen LogP contribution in [-0.4, -0.2) is 29.6 Å². The normalized spacial score (nSPS) is 12.1. The second-order valence-electron chi connectivity index (χ2n) is 6.35. The summed E-state index contributed by atoms with van der Waals surface area (Å²) >= 11 is 0. The van der Waals surface area contributed by atoms with Crippen LogP contribution in [0.15, 0.2) is 30.3 Å². The van der Waals surface area contributed by atoms with Gasteiger partial charge < -0.3 is 20.5 Å². The number of benzene rings is 1. The van der Waals surface area contributed by atoms with E-state index in [0.717, 1.165) is 12.0 Å². The summed E-state index contributed by atoms with van der Waals surface area (Å²) in [4.78, 5) is 35.3. The lowest BCUT2D eigenvalue weighted by Gasteiger charge is -2.25. The standard InChI is InChI=1S/C18H26N2O5/c1-4-10-18(2,3)25-17(23)20-14(16(19)22)11-15(21)24-12-13-8-6-5-7-9-13/h5-9,14H,4,10-12H2,1-3H3,(H2,19,22)(H,20,23)/t14-/m0/s1. The Morgan fingerprint density at radius 3 is 2.40 bits per heavy atom. The molecular formula is C18H26N2O5. The number of rotatable bonds is 9. The number of carbonyl (C=O) groups excluding carboxylic acids is 3. The van der Waals surface area contributed by atoms with Crippen LogP contribution < -0.4 is 11.1 Å². The van der Waals surface area contributed by atoms with Crippen LogP contribution in [0.3, 0.4) is 0 Å². The van der Waals surface area contributed by atoms with Crippen LogP contribution in [0.5, 0.6) is 0 Å². The van der Waals surface area contributed by atoms with E-state index >= 15 is 0 Å². The predicted octanol–water partition coefficient (Wildman–Crippen LogP) is 2.28. The largest absolute Gasteiger partial charge is 0.461 e. The lowest BCUT2D eigenvalue weighted by molar-refractivity contribution is -0.146. The number of amides is 2. The number of esters is 1. The fraction of sp³-hybridized carbons (Fsp3) is 0.500. The minimum Gasteiger partial charge on any atom is -0.461 e. The molecule has 0 spiro atoms. The second-order valence-corrected chi connectivity index (χ2v) is 6.35. The van der Waals surface area contributed by atoms with Crippen molar-refractivity contribution >= 4 is 18.0 Å². The summed E-state index contributed by atoms with van der Waals surface area (Å²) < 4.78 is 10.4. The summed E-state index contributed by atoms with van der Waals surface area (Å²) in [6.45, 7) is 5.59. The highest BCUT2D eigenvalue weighted by Gasteiger charge is 2.27. The third-order valence-electron chi connectivity index (χ3n) is 3.47. The van der Waals surface area contributed by atoms with Gasteiger partial charge in [-0.05, 0) is 25.8 Å². The molecule has 0 unspecified atom stereocenters. The molecule has 1 rings (SSSR count). The highest BCUT2D eigenvalue weighted by atomic mass is 16.6. The van der Waals surface area contributed by atoms with Crippen molar-refractivity contribution in [3.05, 3.63) is 35.9 Å². The molecule has 0 bridgehead atoms. The van der Waals surface area contributed by atoms with Crippen molar-refractivity contribution in [2.24, 2.45) is 5.73 Å². The van der Waals surface area contributed by atoms with E-state index in [2.05, 4.69) is 5.32 Å². The van der Waals surface area contributed by atoms with Gasteiger partial charge in [0.15, 0.2) is 0 Å². The van der Waals surface area contributed by atoms with Gasteiger partial charge in [-0.1, -0.05) is 43.7 Å². The van der Waals surface area contributed by atoms with Crippen molar-refractivity contribution in [1.82, 2.24) is 5.32 Å². The summed E-state index contributed by atoms with van der Waals surface area (Å²) in [5.41, 5.74) is 5.39. The third kappa shape index (κ3) is 8.19. The lowest BCUT2D eigenvalue weighted by atomic mass is 10.0. The molecule has 0 radical (unpaired) electrons. The van der Waals surface area contributed by atoms with Crippen LogP contribution in [0.25, 0.3) is 0 Å². The molecule has 25 heavy (non-hydrogen) atoms. The molecule has 0 aliphatic heterocycles. The molecule has 3 N–H and O–H groups in total. The molecule has 0 fully saturated rings. The van der Waals surface area contributed by atoms with Crippen molar-refractivity contribution in [2.75, 3.05) is 0 Å². The van der Waals surface area contributed by atoms with E-state index in [9.17, 15) is 14.4 Å². The molecule has 7 nitrogen and oxygen atoms in total. The Balaban J connectivity index is 2.51. The van der Waals surface area contributed by atoms with Crippen LogP contribution in [0.1, 0.15) is 45.6 Å². The monoisotopic (exact) mass is 350 g/mol. The van der Waals surface area contributed by atoms with Crippen LogP contribution in [-0.2, 0) is 25.7 Å². The Kier molecular flexibility index (Phi) is 7.91. The topological polar surface area (TPSA) is 108 Å². The average Bonchev–Trinajstić information content (AvgIpc) is 2.52. The second kappa shape index (κ2) is 9.66. The first kappa shape index (κ1) is 20.5. The van der Waals surface area contributed by atoms with Gasteiger partial charge in [0.2, 0.25) is 5.91 Å². The summed E-state index contributed by atoms with van der Waals surface area (Å²) in [6, 6.07) is 7.93. The van der Waals surface area contributed by atoms with E-state index in [1.54, 1.807) is 13.8 Å². The van der Waals surface area contributed by atoms with Gasteiger partial charge in [-0.3, -0.25) is 9.59 Å². The van der Waals surface area contributed by atoms with E-state index in [0.29, 0.717) is 6.42 Å². The van der Waals surface area contributed by atoms with Gasteiger partial charge >= 0.3 is 12.1 Å². The van der Waals surface area contributed by atoms with Crippen LogP contribution in [0, 0.1) is 0 Å². The lowest BCUT2D eigenvalue weighted by Crippen LogP contribution is -2.47. The Bertz CT molecular complexity index is 586. The minimum absolute atomic E-state index is 0.0825. The van der Waals surface area contributed by atoms with Gasteiger partial charge in [0.25, 0.3) is 0 Å². The maximum absolute atomic E-state index is 11.9. The molecule has 1 atom stereocenters. The first-order valence-corrected chi connectivity index (χ1v) is 8.22. The maximum Gasteiger partial charge on any atom is 0.408 e. The highest BCUT2D eigenvalue weighted by Crippen LogP contribution is 2.16. The molecule has 0 heterocycles. The van der Waals surface area contributed by atoms with Gasteiger partial charge in [-0.2, -0.15) is 0 Å². The molecule has 138 valence electrons. The van der Waals surface area contributed by atoms with Crippen molar-refractivity contribution in [2.45, 2.75) is 58.3 Å². The molecule has 0 aliphatic carbocycles. The third-order valence-corrected chi connectivity index (χ3v) is 3.47. The molecule has 1 aromatic rings. The number of nitrogens with one attached hydrogen (secondary N) is 1. The highest BCUT2D eigenvalue weighted by molar-refractivity contribution is 5.88. The molecule has 0 aliphatic rings. The molecule has 0 saturated heterocycles. The zero-order valence-corrected chi connectivity index (χ0v) is 14.9. The SMILES string of the molecule is CCCC(C)(C)OC(=O)N[C@@H](CC(=O)OCc1ccccc1)C(N)=O. The number of ether oxygens (including phenoxy) is 2. The fourth-order valence-corrected chi connectivity index (χ4v) is 2.26. The van der Waals surface area contributed by atoms with E-state index in [1.807, 2.05) is 37.3 Å². The molecule has 2 amide bonds. The van der Waals surface area contributed by atoms with Gasteiger partial charge in [0.05, 0.1) is 6.42 Å². The Morgan fingerprint density at radius 1 is 1.20 bits per heavy atom. The summed E-state index contributed by atoms with van der Waals surface area (Å²) in [6.07, 6.45) is 0.357. The van der Waals surface area contributed by atoms with Crippen molar-refractivity contribution < 1.29 is 23.9 Å². The fourth-order valence-electron chi connectivity index (χ4n) is 2.26. The summed E-state index contributed by atoms with van der Waals surface area (Å²) in [5, 5.41) is 2.32. The molecule has 7 heteroatoms. The Morgan fingerprint density at radius 2 is 1.84 bits per heavy atom. The molecule has 1 aromatic carbocycles.